The number of aryl methyl sites for hydroxylation is 3. The Morgan fingerprint density at radius 3 is 2.54 bits per heavy atom. The molecule has 1 amide bonds. The number of para-hydroxylation sites is 2. The summed E-state index contributed by atoms with van der Waals surface area (Å²) in [6, 6.07) is 14.7. The number of benzene rings is 2. The van der Waals surface area contributed by atoms with Crippen LogP contribution in [0.3, 0.4) is 0 Å². The molecule has 4 rings (SSSR count). The van der Waals surface area contributed by atoms with Crippen molar-refractivity contribution in [3.63, 3.8) is 0 Å². The molecule has 3 aromatic rings. The van der Waals surface area contributed by atoms with Crippen LogP contribution in [0.1, 0.15) is 68.1 Å². The number of imidazole rings is 1. The molecule has 2 aromatic carbocycles. The average Bonchev–Trinajstić information content (AvgIpc) is 3.27. The fraction of sp³-hybridized carbons (Fsp3) is 0.533. The zero-order valence-electron chi connectivity index (χ0n) is 23.0. The first-order valence-electron chi connectivity index (χ1n) is 13.9. The number of rotatable bonds is 11. The van der Waals surface area contributed by atoms with Gasteiger partial charge < -0.3 is 19.6 Å². The Hall–Kier alpha value is -2.90. The topological polar surface area (TPSA) is 62.6 Å². The second-order valence-electron chi connectivity index (χ2n) is 10.3. The van der Waals surface area contributed by atoms with Crippen LogP contribution in [0.15, 0.2) is 42.5 Å². The van der Waals surface area contributed by atoms with Crippen molar-refractivity contribution in [2.75, 3.05) is 33.7 Å². The molecule has 1 saturated heterocycles. The van der Waals surface area contributed by atoms with Gasteiger partial charge >= 0.3 is 6.09 Å². The van der Waals surface area contributed by atoms with Crippen LogP contribution in [0.25, 0.3) is 11.0 Å². The molecule has 37 heavy (non-hydrogen) atoms. The number of aromatic nitrogens is 2. The van der Waals surface area contributed by atoms with Crippen LogP contribution in [0.2, 0.25) is 0 Å². The first-order valence-corrected chi connectivity index (χ1v) is 13.9. The molecule has 0 aliphatic carbocycles. The Kier molecular flexibility index (Phi) is 9.58. The van der Waals surface area contributed by atoms with Gasteiger partial charge in [-0.05, 0) is 81.6 Å². The predicted octanol–water partition coefficient (Wildman–Crippen LogP) is 5.52. The number of piperidine rings is 1. The van der Waals surface area contributed by atoms with Crippen LogP contribution >= 0.6 is 0 Å². The van der Waals surface area contributed by atoms with E-state index in [1.165, 1.54) is 23.1 Å². The number of hydrogen-bond acceptors (Lipinski definition) is 5. The van der Waals surface area contributed by atoms with E-state index in [0.29, 0.717) is 6.42 Å². The van der Waals surface area contributed by atoms with E-state index in [2.05, 4.69) is 79.1 Å². The fourth-order valence-electron chi connectivity index (χ4n) is 5.31. The SMILES string of the molecule is CCc1ccc(CC(NC(=O)ON2CCCCC2)c2nc3ccccc3n2CCCN(C)C)cc1CC. The van der Waals surface area contributed by atoms with Gasteiger partial charge in [0.25, 0.3) is 0 Å². The van der Waals surface area contributed by atoms with Crippen molar-refractivity contribution in [3.05, 3.63) is 65.0 Å². The van der Waals surface area contributed by atoms with Gasteiger partial charge in [0.15, 0.2) is 0 Å². The Bertz CT molecular complexity index is 1170. The van der Waals surface area contributed by atoms with E-state index < -0.39 is 6.09 Å². The van der Waals surface area contributed by atoms with Gasteiger partial charge in [-0.2, -0.15) is 0 Å². The minimum Gasteiger partial charge on any atom is -0.351 e. The monoisotopic (exact) mass is 505 g/mol. The molecule has 1 aromatic heterocycles. The molecule has 1 aliphatic heterocycles. The average molecular weight is 506 g/mol. The third-order valence-electron chi connectivity index (χ3n) is 7.27. The maximum absolute atomic E-state index is 13.1. The molecule has 1 fully saturated rings. The molecular weight excluding hydrogens is 462 g/mol. The molecule has 1 unspecified atom stereocenters. The number of carbonyl (C=O) groups excluding carboxylic acids is 1. The number of hydrogen-bond donors (Lipinski definition) is 1. The highest BCUT2D eigenvalue weighted by Crippen LogP contribution is 2.26. The Labute approximate surface area is 221 Å². The largest absolute Gasteiger partial charge is 0.426 e. The molecule has 1 atom stereocenters. The summed E-state index contributed by atoms with van der Waals surface area (Å²) in [4.78, 5) is 26.1. The third-order valence-corrected chi connectivity index (χ3v) is 7.27. The third kappa shape index (κ3) is 7.11. The quantitative estimate of drug-likeness (QED) is 0.372. The summed E-state index contributed by atoms with van der Waals surface area (Å²) in [5.74, 6) is 0.883. The summed E-state index contributed by atoms with van der Waals surface area (Å²) >= 11 is 0. The zero-order valence-corrected chi connectivity index (χ0v) is 23.0. The number of amides is 1. The van der Waals surface area contributed by atoms with Gasteiger partial charge in [-0.15, -0.1) is 5.06 Å². The highest BCUT2D eigenvalue weighted by Gasteiger charge is 2.25. The minimum absolute atomic E-state index is 0.304. The molecule has 1 N–H and O–H groups in total. The Balaban J connectivity index is 1.66. The van der Waals surface area contributed by atoms with Crippen molar-refractivity contribution < 1.29 is 9.63 Å². The molecule has 0 spiro atoms. The van der Waals surface area contributed by atoms with Gasteiger partial charge in [-0.3, -0.25) is 0 Å². The maximum Gasteiger partial charge on any atom is 0.426 e. The first-order chi connectivity index (χ1) is 18.0. The van der Waals surface area contributed by atoms with E-state index in [1.807, 2.05) is 6.07 Å². The molecule has 1 aliphatic rings. The highest BCUT2D eigenvalue weighted by atomic mass is 16.7. The van der Waals surface area contributed by atoms with E-state index in [-0.39, 0.29) is 6.04 Å². The number of carbonyl (C=O) groups is 1. The summed E-state index contributed by atoms with van der Waals surface area (Å²) in [5, 5.41) is 4.99. The number of nitrogens with zero attached hydrogens (tertiary/aromatic N) is 4. The molecule has 2 heterocycles. The normalized spacial score (nSPS) is 15.3. The van der Waals surface area contributed by atoms with Crippen molar-refractivity contribution in [2.45, 2.75) is 71.4 Å². The van der Waals surface area contributed by atoms with Gasteiger partial charge in [-0.25, -0.2) is 9.78 Å². The van der Waals surface area contributed by atoms with Crippen molar-refractivity contribution >= 4 is 17.1 Å². The first kappa shape index (κ1) is 27.1. The predicted molar refractivity (Wildman–Crippen MR) is 150 cm³/mol. The second kappa shape index (κ2) is 13.1. The lowest BCUT2D eigenvalue weighted by Gasteiger charge is -2.26. The summed E-state index contributed by atoms with van der Waals surface area (Å²) in [7, 11) is 4.19. The highest BCUT2D eigenvalue weighted by molar-refractivity contribution is 5.76. The summed E-state index contributed by atoms with van der Waals surface area (Å²) in [5.41, 5.74) is 6.01. The van der Waals surface area contributed by atoms with Crippen LogP contribution in [0, 0.1) is 0 Å². The van der Waals surface area contributed by atoms with Crippen molar-refractivity contribution in [2.24, 2.45) is 0 Å². The van der Waals surface area contributed by atoms with Crippen LogP contribution < -0.4 is 5.32 Å². The van der Waals surface area contributed by atoms with Crippen molar-refractivity contribution in [1.82, 2.24) is 24.8 Å². The van der Waals surface area contributed by atoms with Crippen molar-refractivity contribution in [3.8, 4) is 0 Å². The van der Waals surface area contributed by atoms with Crippen LogP contribution in [-0.4, -0.2) is 59.3 Å². The molecule has 200 valence electrons. The second-order valence-corrected chi connectivity index (χ2v) is 10.3. The lowest BCUT2D eigenvalue weighted by atomic mass is 9.96. The van der Waals surface area contributed by atoms with Gasteiger partial charge in [0.05, 0.1) is 17.1 Å². The lowest BCUT2D eigenvalue weighted by Crippen LogP contribution is -2.39. The van der Waals surface area contributed by atoms with E-state index in [4.69, 9.17) is 9.82 Å². The zero-order chi connectivity index (χ0) is 26.2. The van der Waals surface area contributed by atoms with Crippen molar-refractivity contribution in [1.29, 1.82) is 0 Å². The standard InChI is InChI=1S/C30H43N5O2/c1-5-24-16-15-23(21-25(24)6-2)22-27(32-30(36)37-34-18-10-7-11-19-34)29-31-26-13-8-9-14-28(26)35(29)20-12-17-33(3)4/h8-9,13-16,21,27H,5-7,10-12,17-20,22H2,1-4H3,(H,32,36). The Morgan fingerprint density at radius 1 is 1.05 bits per heavy atom. The molecule has 7 heteroatoms. The Morgan fingerprint density at radius 2 is 1.81 bits per heavy atom. The number of nitrogens with one attached hydrogen (secondary N) is 1. The van der Waals surface area contributed by atoms with Crippen LogP contribution in [0.5, 0.6) is 0 Å². The molecule has 7 nitrogen and oxygen atoms in total. The minimum atomic E-state index is -0.403. The fourth-order valence-corrected chi connectivity index (χ4v) is 5.31. The van der Waals surface area contributed by atoms with E-state index in [0.717, 1.165) is 75.1 Å². The smallest absolute Gasteiger partial charge is 0.351 e. The maximum atomic E-state index is 13.1. The number of fused-ring (bicyclic) bond motifs is 1. The van der Waals surface area contributed by atoms with Gasteiger partial charge in [0, 0.05) is 26.1 Å². The summed E-state index contributed by atoms with van der Waals surface area (Å²) < 4.78 is 2.28. The van der Waals surface area contributed by atoms with Crippen LogP contribution in [0.4, 0.5) is 4.79 Å². The molecule has 0 radical (unpaired) electrons. The lowest BCUT2D eigenvalue weighted by molar-refractivity contribution is -0.111. The molecule has 0 saturated carbocycles. The summed E-state index contributed by atoms with van der Waals surface area (Å²) in [6.07, 6.45) is 6.57. The van der Waals surface area contributed by atoms with E-state index in [1.54, 1.807) is 5.06 Å². The van der Waals surface area contributed by atoms with Gasteiger partial charge in [-0.1, -0.05) is 50.6 Å². The number of hydroxylamine groups is 2. The molecule has 0 bridgehead atoms. The van der Waals surface area contributed by atoms with Crippen LogP contribution in [-0.2, 0) is 30.6 Å². The van der Waals surface area contributed by atoms with Gasteiger partial charge in [0.2, 0.25) is 0 Å². The summed E-state index contributed by atoms with van der Waals surface area (Å²) in [6.45, 7) is 7.81. The van der Waals surface area contributed by atoms with Gasteiger partial charge in [0.1, 0.15) is 5.82 Å². The van der Waals surface area contributed by atoms with E-state index >= 15 is 0 Å². The van der Waals surface area contributed by atoms with E-state index in [9.17, 15) is 4.79 Å². The molecular formula is C30H43N5O2.